The van der Waals surface area contributed by atoms with Crippen LogP contribution in [0.4, 0.5) is 4.39 Å². The minimum atomic E-state index is -3.62. The quantitative estimate of drug-likeness (QED) is 0.777. The van der Waals surface area contributed by atoms with Crippen LogP contribution in [0.5, 0.6) is 0 Å². The number of halogens is 1. The van der Waals surface area contributed by atoms with E-state index in [2.05, 4.69) is 6.07 Å². The lowest BCUT2D eigenvalue weighted by Gasteiger charge is -2.34. The van der Waals surface area contributed by atoms with Crippen LogP contribution in [-0.2, 0) is 10.0 Å². The predicted octanol–water partition coefficient (Wildman–Crippen LogP) is 1.58. The minimum absolute atomic E-state index is 0.0845. The molecule has 0 amide bonds. The lowest BCUT2D eigenvalue weighted by molar-refractivity contribution is 0.173. The lowest BCUT2D eigenvalue weighted by Crippen LogP contribution is -2.49. The summed E-state index contributed by atoms with van der Waals surface area (Å²) in [5, 5.41) is 17.7. The molecule has 2 rings (SSSR count). The Hall–Kier alpha value is -2.00. The molecule has 1 aromatic rings. The van der Waals surface area contributed by atoms with Crippen molar-refractivity contribution in [1.82, 2.24) is 9.21 Å². The highest BCUT2D eigenvalue weighted by Gasteiger charge is 2.29. The summed E-state index contributed by atoms with van der Waals surface area (Å²) in [5.74, 6) is -0.691. The van der Waals surface area contributed by atoms with Crippen LogP contribution in [0, 0.1) is 34.4 Å². The van der Waals surface area contributed by atoms with E-state index in [9.17, 15) is 12.8 Å². The molecule has 0 saturated carbocycles. The summed E-state index contributed by atoms with van der Waals surface area (Å²) in [6, 6.07) is 9.04. The van der Waals surface area contributed by atoms with Gasteiger partial charge >= 0.3 is 0 Å². The van der Waals surface area contributed by atoms with Crippen molar-refractivity contribution in [3.8, 4) is 12.1 Å². The first kappa shape index (κ1) is 18.3. The van der Waals surface area contributed by atoms with Gasteiger partial charge in [0.1, 0.15) is 5.82 Å². The Morgan fingerprint density at radius 1 is 1.12 bits per heavy atom. The molecule has 0 radical (unpaired) electrons. The highest BCUT2D eigenvalue weighted by molar-refractivity contribution is 7.89. The Labute approximate surface area is 141 Å². The molecule has 0 aromatic heterocycles. The maximum absolute atomic E-state index is 13.0. The van der Waals surface area contributed by atoms with Gasteiger partial charge in [0.05, 0.1) is 23.0 Å². The Balaban J connectivity index is 1.93. The molecule has 0 bridgehead atoms. The molecule has 0 unspecified atom stereocenters. The van der Waals surface area contributed by atoms with Crippen LogP contribution in [0.15, 0.2) is 29.2 Å². The summed E-state index contributed by atoms with van der Waals surface area (Å²) in [6.07, 6.45) is 0.873. The van der Waals surface area contributed by atoms with Gasteiger partial charge in [-0.3, -0.25) is 4.90 Å². The molecule has 8 heteroatoms. The number of nitriles is 2. The number of nitrogens with zero attached hydrogens (tertiary/aromatic N) is 4. The molecule has 1 aromatic carbocycles. The molecule has 128 valence electrons. The zero-order valence-corrected chi connectivity index (χ0v) is 14.0. The molecular weight excluding hydrogens is 331 g/mol. The van der Waals surface area contributed by atoms with E-state index in [1.807, 2.05) is 11.0 Å². The van der Waals surface area contributed by atoms with Crippen LogP contribution in [0.3, 0.4) is 0 Å². The second-order valence-electron chi connectivity index (χ2n) is 5.68. The minimum Gasteiger partial charge on any atom is -0.299 e. The van der Waals surface area contributed by atoms with Crippen LogP contribution in [0.1, 0.15) is 12.8 Å². The Bertz CT molecular complexity index is 729. The zero-order chi connectivity index (χ0) is 17.6. The van der Waals surface area contributed by atoms with E-state index in [0.717, 1.165) is 12.1 Å². The summed E-state index contributed by atoms with van der Waals surface area (Å²) >= 11 is 0. The zero-order valence-electron chi connectivity index (χ0n) is 13.2. The fourth-order valence-corrected chi connectivity index (χ4v) is 4.08. The maximum atomic E-state index is 13.0. The molecule has 1 aliphatic rings. The molecule has 1 heterocycles. The van der Waals surface area contributed by atoms with E-state index < -0.39 is 15.8 Å². The first-order chi connectivity index (χ1) is 11.5. The van der Waals surface area contributed by atoms with Gasteiger partial charge in [-0.25, -0.2) is 12.8 Å². The highest BCUT2D eigenvalue weighted by atomic mass is 32.2. The van der Waals surface area contributed by atoms with Gasteiger partial charge < -0.3 is 0 Å². The third-order valence-corrected chi connectivity index (χ3v) is 5.96. The number of benzene rings is 1. The average Bonchev–Trinajstić information content (AvgIpc) is 2.59. The number of hydrogen-bond acceptors (Lipinski definition) is 5. The molecular formula is C16H19FN4O2S. The van der Waals surface area contributed by atoms with E-state index in [0.29, 0.717) is 45.6 Å². The van der Waals surface area contributed by atoms with E-state index in [4.69, 9.17) is 10.5 Å². The van der Waals surface area contributed by atoms with Crippen LogP contribution in [0.25, 0.3) is 0 Å². The van der Waals surface area contributed by atoms with E-state index in [1.54, 1.807) is 0 Å². The molecule has 1 saturated heterocycles. The van der Waals surface area contributed by atoms with Crippen LogP contribution < -0.4 is 0 Å². The summed E-state index contributed by atoms with van der Waals surface area (Å²) < 4.78 is 39.4. The molecule has 0 N–H and O–H groups in total. The summed E-state index contributed by atoms with van der Waals surface area (Å²) in [4.78, 5) is 2.13. The fourth-order valence-electron chi connectivity index (χ4n) is 2.66. The topological polar surface area (TPSA) is 88.2 Å². The molecule has 0 aliphatic carbocycles. The fraction of sp³-hybridized carbons (Fsp3) is 0.500. The van der Waals surface area contributed by atoms with Gasteiger partial charge in [0.2, 0.25) is 10.0 Å². The second kappa shape index (κ2) is 8.20. The van der Waals surface area contributed by atoms with Crippen molar-refractivity contribution < 1.29 is 12.8 Å². The summed E-state index contributed by atoms with van der Waals surface area (Å²) in [6.45, 7) is 2.27. The number of hydrogen-bond donors (Lipinski definition) is 0. The van der Waals surface area contributed by atoms with E-state index in [-0.39, 0.29) is 10.8 Å². The van der Waals surface area contributed by atoms with Crippen molar-refractivity contribution in [3.05, 3.63) is 30.1 Å². The lowest BCUT2D eigenvalue weighted by atomic mass is 10.0. The van der Waals surface area contributed by atoms with Gasteiger partial charge in [-0.2, -0.15) is 14.8 Å². The van der Waals surface area contributed by atoms with E-state index >= 15 is 0 Å². The summed E-state index contributed by atoms with van der Waals surface area (Å²) in [5.41, 5.74) is 0. The first-order valence-corrected chi connectivity index (χ1v) is 9.16. The van der Waals surface area contributed by atoms with Gasteiger partial charge in [-0.15, -0.1) is 0 Å². The number of piperazine rings is 1. The highest BCUT2D eigenvalue weighted by Crippen LogP contribution is 2.19. The third-order valence-electron chi connectivity index (χ3n) is 4.05. The van der Waals surface area contributed by atoms with Gasteiger partial charge in [0, 0.05) is 39.1 Å². The standard InChI is InChI=1S/C16H19FN4O2S/c17-15-3-5-16(6-4-15)24(22,23)21-10-8-20(9-11-21)13-14(12-19)2-1-7-18/h3-6,14H,1-2,8-11,13H2/t14-/m1/s1. The molecule has 24 heavy (non-hydrogen) atoms. The molecule has 6 nitrogen and oxygen atoms in total. The SMILES string of the molecule is N#CCC[C@H](C#N)CN1CCN(S(=O)(=O)c2ccc(F)cc2)CC1. The average molecular weight is 350 g/mol. The van der Waals surface area contributed by atoms with Crippen molar-refractivity contribution in [3.63, 3.8) is 0 Å². The monoisotopic (exact) mass is 350 g/mol. The third kappa shape index (κ3) is 4.51. The molecule has 1 aliphatic heterocycles. The largest absolute Gasteiger partial charge is 0.299 e. The van der Waals surface area contributed by atoms with Gasteiger partial charge in [0.25, 0.3) is 0 Å². The Morgan fingerprint density at radius 2 is 1.75 bits per heavy atom. The number of sulfonamides is 1. The van der Waals surface area contributed by atoms with Crippen molar-refractivity contribution in [1.29, 1.82) is 10.5 Å². The van der Waals surface area contributed by atoms with E-state index in [1.165, 1.54) is 16.4 Å². The van der Waals surface area contributed by atoms with Crippen molar-refractivity contribution in [2.24, 2.45) is 5.92 Å². The van der Waals surface area contributed by atoms with Crippen LogP contribution in [-0.4, -0.2) is 50.3 Å². The van der Waals surface area contributed by atoms with Crippen LogP contribution >= 0.6 is 0 Å². The predicted molar refractivity (Wildman–Crippen MR) is 85.5 cm³/mol. The first-order valence-electron chi connectivity index (χ1n) is 7.72. The molecule has 0 spiro atoms. The van der Waals surface area contributed by atoms with Gasteiger partial charge in [0.15, 0.2) is 0 Å². The smallest absolute Gasteiger partial charge is 0.243 e. The Kier molecular flexibility index (Phi) is 6.27. The Morgan fingerprint density at radius 3 is 2.29 bits per heavy atom. The maximum Gasteiger partial charge on any atom is 0.243 e. The van der Waals surface area contributed by atoms with Crippen molar-refractivity contribution in [2.45, 2.75) is 17.7 Å². The number of rotatable bonds is 6. The van der Waals surface area contributed by atoms with Crippen molar-refractivity contribution >= 4 is 10.0 Å². The molecule has 1 atom stereocenters. The summed E-state index contributed by atoms with van der Waals surface area (Å²) in [7, 11) is -3.62. The second-order valence-corrected chi connectivity index (χ2v) is 7.62. The van der Waals surface area contributed by atoms with Crippen LogP contribution in [0.2, 0.25) is 0 Å². The van der Waals surface area contributed by atoms with Gasteiger partial charge in [-0.05, 0) is 30.7 Å². The normalized spacial score (nSPS) is 17.8. The molecule has 1 fully saturated rings. The van der Waals surface area contributed by atoms with Crippen molar-refractivity contribution in [2.75, 3.05) is 32.7 Å². The van der Waals surface area contributed by atoms with Gasteiger partial charge in [-0.1, -0.05) is 0 Å².